The van der Waals surface area contributed by atoms with Crippen LogP contribution in [0.2, 0.25) is 5.02 Å². The number of carbonyl (C=O) groups excluding carboxylic acids is 2. The molecule has 0 bridgehead atoms. The Hall–Kier alpha value is -2.32. The predicted molar refractivity (Wildman–Crippen MR) is 128 cm³/mol. The van der Waals surface area contributed by atoms with Crippen molar-refractivity contribution in [2.75, 3.05) is 13.1 Å². The summed E-state index contributed by atoms with van der Waals surface area (Å²) in [5, 5.41) is 3.53. The Bertz CT molecular complexity index is 1180. The van der Waals surface area contributed by atoms with Crippen molar-refractivity contribution >= 4 is 33.3 Å². The molecule has 0 saturated heterocycles. The topological polar surface area (TPSA) is 88.5 Å². The molecule has 2 aromatic rings. The molecule has 1 aliphatic heterocycles. The van der Waals surface area contributed by atoms with E-state index < -0.39 is 19.3 Å². The minimum absolute atomic E-state index is 0.203. The second-order valence-corrected chi connectivity index (χ2v) is 13.5. The van der Waals surface area contributed by atoms with Crippen LogP contribution >= 0.6 is 11.6 Å². The summed E-state index contributed by atoms with van der Waals surface area (Å²) < 4.78 is 26.3. The molecular weight excluding hydrogens is 462 g/mol. The van der Waals surface area contributed by atoms with Gasteiger partial charge in [-0.05, 0) is 69.9 Å². The number of nitrogens with one attached hydrogen (secondary N) is 1. The van der Waals surface area contributed by atoms with Crippen LogP contribution in [0, 0.1) is 0 Å². The Labute approximate surface area is 200 Å². The van der Waals surface area contributed by atoms with E-state index in [0.717, 1.165) is 5.56 Å². The second-order valence-electron chi connectivity index (χ2n) is 9.94. The van der Waals surface area contributed by atoms with Crippen molar-refractivity contribution in [3.63, 3.8) is 0 Å². The zero-order chi connectivity index (χ0) is 24.0. The number of amides is 2. The Balaban J connectivity index is 1.50. The van der Waals surface area contributed by atoms with E-state index in [9.17, 15) is 18.0 Å². The third-order valence-electron chi connectivity index (χ3n) is 6.56. The lowest BCUT2D eigenvalue weighted by atomic mass is 10.2. The highest BCUT2D eigenvalue weighted by molar-refractivity contribution is 7.94. The van der Waals surface area contributed by atoms with Gasteiger partial charge < -0.3 is 14.8 Å². The molecule has 1 saturated carbocycles. The van der Waals surface area contributed by atoms with Gasteiger partial charge in [0.25, 0.3) is 11.8 Å². The molecule has 2 aliphatic rings. The molecule has 4 rings (SSSR count). The van der Waals surface area contributed by atoms with Gasteiger partial charge in [-0.15, -0.1) is 0 Å². The van der Waals surface area contributed by atoms with Crippen molar-refractivity contribution in [2.45, 2.75) is 62.6 Å². The smallest absolute Gasteiger partial charge is 0.270 e. The molecular formula is C24H30ClN3O4S. The minimum Gasteiger partial charge on any atom is -0.347 e. The van der Waals surface area contributed by atoms with Crippen LogP contribution in [-0.4, -0.2) is 52.3 Å². The third-order valence-corrected chi connectivity index (χ3v) is 10.1. The van der Waals surface area contributed by atoms with Gasteiger partial charge in [0.05, 0.1) is 9.49 Å². The quantitative estimate of drug-likeness (QED) is 0.667. The van der Waals surface area contributed by atoms with Crippen molar-refractivity contribution in [2.24, 2.45) is 0 Å². The molecule has 1 N–H and O–H groups in total. The molecule has 1 aromatic carbocycles. The van der Waals surface area contributed by atoms with Crippen LogP contribution in [0.5, 0.6) is 0 Å². The summed E-state index contributed by atoms with van der Waals surface area (Å²) in [6.45, 7) is 6.69. The number of hydrogen-bond donors (Lipinski definition) is 1. The number of fused-ring (bicyclic) bond motifs is 1. The van der Waals surface area contributed by atoms with Crippen LogP contribution in [-0.2, 0) is 22.9 Å². The van der Waals surface area contributed by atoms with Crippen LogP contribution < -0.4 is 5.32 Å². The molecule has 9 heteroatoms. The van der Waals surface area contributed by atoms with Crippen LogP contribution in [0.1, 0.15) is 66.6 Å². The molecule has 1 fully saturated rings. The standard InChI is InChI=1S/C24H30ClN3O4S/c1-23(2,3)33(31,32)24(11-12-24)16-27-13-4-14-28-19(9-10-20(28)22(27)30)21(29)26-15-17-5-7-18(25)8-6-17/h5-10H,4,11-16H2,1-3H3,(H,26,29). The Morgan fingerprint density at radius 3 is 2.36 bits per heavy atom. The summed E-state index contributed by atoms with van der Waals surface area (Å²) in [5.41, 5.74) is 1.78. The van der Waals surface area contributed by atoms with Crippen molar-refractivity contribution < 1.29 is 18.0 Å². The first kappa shape index (κ1) is 23.8. The van der Waals surface area contributed by atoms with Crippen LogP contribution in [0.15, 0.2) is 36.4 Å². The van der Waals surface area contributed by atoms with E-state index in [2.05, 4.69) is 5.32 Å². The normalized spacial score (nSPS) is 17.9. The first-order valence-corrected chi connectivity index (χ1v) is 13.1. The number of aromatic nitrogens is 1. The van der Waals surface area contributed by atoms with Gasteiger partial charge in [-0.3, -0.25) is 9.59 Å². The first-order chi connectivity index (χ1) is 15.5. The van der Waals surface area contributed by atoms with E-state index in [0.29, 0.717) is 55.3 Å². The molecule has 2 heterocycles. The molecule has 1 aliphatic carbocycles. The maximum absolute atomic E-state index is 13.3. The Kier molecular flexibility index (Phi) is 6.12. The van der Waals surface area contributed by atoms with Gasteiger partial charge in [-0.2, -0.15) is 0 Å². The molecule has 33 heavy (non-hydrogen) atoms. The average molecular weight is 492 g/mol. The van der Waals surface area contributed by atoms with Gasteiger partial charge in [-0.1, -0.05) is 23.7 Å². The predicted octanol–water partition coefficient (Wildman–Crippen LogP) is 3.66. The van der Waals surface area contributed by atoms with Gasteiger partial charge in [0, 0.05) is 31.2 Å². The zero-order valence-corrected chi connectivity index (χ0v) is 20.8. The fourth-order valence-corrected chi connectivity index (χ4v) is 6.84. The largest absolute Gasteiger partial charge is 0.347 e. The van der Waals surface area contributed by atoms with Gasteiger partial charge in [0.2, 0.25) is 0 Å². The number of hydrogen-bond acceptors (Lipinski definition) is 4. The van der Waals surface area contributed by atoms with E-state index in [4.69, 9.17) is 11.6 Å². The maximum Gasteiger partial charge on any atom is 0.270 e. The number of halogens is 1. The number of sulfone groups is 1. The molecule has 178 valence electrons. The molecule has 1 aromatic heterocycles. The molecule has 7 nitrogen and oxygen atoms in total. The summed E-state index contributed by atoms with van der Waals surface area (Å²) in [6, 6.07) is 10.6. The first-order valence-electron chi connectivity index (χ1n) is 11.2. The van der Waals surface area contributed by atoms with Crippen molar-refractivity contribution in [1.29, 1.82) is 0 Å². The Morgan fingerprint density at radius 1 is 1.09 bits per heavy atom. The highest BCUT2D eigenvalue weighted by atomic mass is 35.5. The van der Waals surface area contributed by atoms with E-state index in [-0.39, 0.29) is 18.4 Å². The lowest BCUT2D eigenvalue weighted by molar-refractivity contribution is 0.0754. The van der Waals surface area contributed by atoms with E-state index in [1.54, 1.807) is 54.5 Å². The van der Waals surface area contributed by atoms with E-state index >= 15 is 0 Å². The number of benzene rings is 1. The highest BCUT2D eigenvalue weighted by Gasteiger charge is 2.59. The van der Waals surface area contributed by atoms with Crippen molar-refractivity contribution in [3.05, 3.63) is 58.4 Å². The Morgan fingerprint density at radius 2 is 1.76 bits per heavy atom. The zero-order valence-electron chi connectivity index (χ0n) is 19.2. The lowest BCUT2D eigenvalue weighted by Gasteiger charge is -2.31. The number of carbonyl (C=O) groups is 2. The fourth-order valence-electron chi connectivity index (χ4n) is 4.45. The summed E-state index contributed by atoms with van der Waals surface area (Å²) in [6.07, 6.45) is 1.81. The molecule has 2 amide bonds. The lowest BCUT2D eigenvalue weighted by Crippen LogP contribution is -2.47. The summed E-state index contributed by atoms with van der Waals surface area (Å²) in [5.74, 6) is -0.481. The highest BCUT2D eigenvalue weighted by Crippen LogP contribution is 2.49. The third kappa shape index (κ3) is 4.43. The second kappa shape index (κ2) is 8.47. The molecule has 0 unspecified atom stereocenters. The number of rotatable bonds is 6. The molecule has 0 radical (unpaired) electrons. The monoisotopic (exact) mass is 491 g/mol. The summed E-state index contributed by atoms with van der Waals surface area (Å²) in [4.78, 5) is 27.8. The van der Waals surface area contributed by atoms with Crippen molar-refractivity contribution in [3.8, 4) is 0 Å². The van der Waals surface area contributed by atoms with Crippen LogP contribution in [0.3, 0.4) is 0 Å². The van der Waals surface area contributed by atoms with Crippen molar-refractivity contribution in [1.82, 2.24) is 14.8 Å². The SMILES string of the molecule is CC(C)(C)S(=O)(=O)C1(CN2CCCn3c(C(=O)NCc4ccc(Cl)cc4)ccc3C2=O)CC1. The maximum atomic E-state index is 13.3. The van der Waals surface area contributed by atoms with Gasteiger partial charge >= 0.3 is 0 Å². The summed E-state index contributed by atoms with van der Waals surface area (Å²) in [7, 11) is -3.39. The summed E-state index contributed by atoms with van der Waals surface area (Å²) >= 11 is 5.91. The fraction of sp³-hybridized carbons (Fsp3) is 0.500. The minimum atomic E-state index is -3.39. The van der Waals surface area contributed by atoms with E-state index in [1.807, 2.05) is 12.1 Å². The van der Waals surface area contributed by atoms with Gasteiger partial charge in [0.1, 0.15) is 11.4 Å². The van der Waals surface area contributed by atoms with Crippen LogP contribution in [0.25, 0.3) is 0 Å². The van der Waals surface area contributed by atoms with Gasteiger partial charge in [-0.25, -0.2) is 8.42 Å². The van der Waals surface area contributed by atoms with Gasteiger partial charge in [0.15, 0.2) is 9.84 Å². The molecule has 0 spiro atoms. The molecule has 0 atom stereocenters. The average Bonchev–Trinajstić information content (AvgIpc) is 3.46. The van der Waals surface area contributed by atoms with Crippen LogP contribution in [0.4, 0.5) is 0 Å². The number of nitrogens with zero attached hydrogens (tertiary/aromatic N) is 2. The van der Waals surface area contributed by atoms with E-state index in [1.165, 1.54) is 0 Å².